The summed E-state index contributed by atoms with van der Waals surface area (Å²) in [6.45, 7) is 13.5. The summed E-state index contributed by atoms with van der Waals surface area (Å²) in [5, 5.41) is 0. The van der Waals surface area contributed by atoms with Crippen molar-refractivity contribution < 1.29 is 28.6 Å². The molecule has 0 aliphatic carbocycles. The van der Waals surface area contributed by atoms with Gasteiger partial charge in [-0.25, -0.2) is 14.4 Å². The third-order valence-corrected chi connectivity index (χ3v) is 5.17. The van der Waals surface area contributed by atoms with E-state index < -0.39 is 17.9 Å². The van der Waals surface area contributed by atoms with Gasteiger partial charge < -0.3 is 14.2 Å². The summed E-state index contributed by atoms with van der Waals surface area (Å²) < 4.78 is 16.1. The van der Waals surface area contributed by atoms with E-state index in [9.17, 15) is 14.4 Å². The lowest BCUT2D eigenvalue weighted by atomic mass is 10.0. The predicted molar refractivity (Wildman–Crippen MR) is 130 cm³/mol. The van der Waals surface area contributed by atoms with Crippen LogP contribution in [-0.4, -0.2) is 37.7 Å². The molecule has 1 aromatic rings. The van der Waals surface area contributed by atoms with Crippen molar-refractivity contribution in [2.45, 2.75) is 80.1 Å². The van der Waals surface area contributed by atoms with Crippen LogP contribution < -0.4 is 0 Å². The van der Waals surface area contributed by atoms with Gasteiger partial charge in [-0.05, 0) is 74.5 Å². The Hall–Kier alpha value is -2.37. The van der Waals surface area contributed by atoms with E-state index in [4.69, 9.17) is 14.2 Å². The highest BCUT2D eigenvalue weighted by Gasteiger charge is 2.22. The van der Waals surface area contributed by atoms with Gasteiger partial charge in [-0.2, -0.15) is 0 Å². The number of esters is 3. The minimum atomic E-state index is -0.637. The average molecular weight is 463 g/mol. The van der Waals surface area contributed by atoms with Gasteiger partial charge in [0.05, 0.1) is 36.5 Å². The molecule has 6 nitrogen and oxygen atoms in total. The molecule has 0 aliphatic heterocycles. The molecule has 6 heteroatoms. The van der Waals surface area contributed by atoms with Crippen LogP contribution in [0.1, 0.15) is 111 Å². The number of carbonyl (C=O) groups is 3. The van der Waals surface area contributed by atoms with E-state index in [-0.39, 0.29) is 29.9 Å². The molecule has 0 radical (unpaired) electrons. The summed E-state index contributed by atoms with van der Waals surface area (Å²) in [5.74, 6) is -0.192. The van der Waals surface area contributed by atoms with Crippen molar-refractivity contribution in [2.24, 2.45) is 17.8 Å². The van der Waals surface area contributed by atoms with Crippen LogP contribution in [0, 0.1) is 17.8 Å². The number of hydrogen-bond acceptors (Lipinski definition) is 6. The van der Waals surface area contributed by atoms with Crippen molar-refractivity contribution >= 4 is 17.9 Å². The number of ether oxygens (including phenoxy) is 3. The highest BCUT2D eigenvalue weighted by Crippen LogP contribution is 2.18. The van der Waals surface area contributed by atoms with Crippen LogP contribution in [-0.2, 0) is 14.2 Å². The summed E-state index contributed by atoms with van der Waals surface area (Å²) in [5.41, 5.74) is 0.347. The average Bonchev–Trinajstić information content (AvgIpc) is 2.75. The SMILES string of the molecule is CC(C)CCCOC(=O)c1ccc(C(=O)OCCCC(C)C)c(C(=O)OCCCC(C)C)c1. The number of hydrogen-bond donors (Lipinski definition) is 0. The normalized spacial score (nSPS) is 11.2. The lowest BCUT2D eigenvalue weighted by molar-refractivity contribution is 0.0445. The van der Waals surface area contributed by atoms with Gasteiger partial charge in [-0.15, -0.1) is 0 Å². The van der Waals surface area contributed by atoms with E-state index in [1.54, 1.807) is 0 Å². The first kappa shape index (κ1) is 28.7. The largest absolute Gasteiger partial charge is 0.462 e. The highest BCUT2D eigenvalue weighted by atomic mass is 16.5. The molecule has 1 aromatic carbocycles. The molecular weight excluding hydrogens is 420 g/mol. The fraction of sp³-hybridized carbons (Fsp3) is 0.667. The summed E-state index contributed by atoms with van der Waals surface area (Å²) in [6.07, 6.45) is 5.09. The Morgan fingerprint density at radius 3 is 1.42 bits per heavy atom. The van der Waals surface area contributed by atoms with E-state index in [0.717, 1.165) is 38.5 Å². The second-order valence-electron chi connectivity index (χ2n) is 9.78. The molecule has 186 valence electrons. The molecule has 0 N–H and O–H groups in total. The first-order valence-corrected chi connectivity index (χ1v) is 12.3. The number of rotatable bonds is 15. The second-order valence-corrected chi connectivity index (χ2v) is 9.78. The van der Waals surface area contributed by atoms with Crippen LogP contribution in [0.2, 0.25) is 0 Å². The first-order valence-electron chi connectivity index (χ1n) is 12.3. The van der Waals surface area contributed by atoms with Gasteiger partial charge >= 0.3 is 17.9 Å². The number of benzene rings is 1. The van der Waals surface area contributed by atoms with Crippen LogP contribution in [0.15, 0.2) is 18.2 Å². The maximum absolute atomic E-state index is 12.8. The Bertz CT molecular complexity index is 751. The quantitative estimate of drug-likeness (QED) is 0.169. The lowest BCUT2D eigenvalue weighted by Crippen LogP contribution is -2.17. The minimum Gasteiger partial charge on any atom is -0.462 e. The third kappa shape index (κ3) is 11.9. The Labute approximate surface area is 199 Å². The topological polar surface area (TPSA) is 78.9 Å². The fourth-order valence-corrected chi connectivity index (χ4v) is 3.23. The molecule has 0 aromatic heterocycles. The van der Waals surface area contributed by atoms with Gasteiger partial charge in [0.2, 0.25) is 0 Å². The van der Waals surface area contributed by atoms with Crippen molar-refractivity contribution in [1.29, 1.82) is 0 Å². The van der Waals surface area contributed by atoms with Crippen LogP contribution in [0.4, 0.5) is 0 Å². The van der Waals surface area contributed by atoms with Gasteiger partial charge in [-0.1, -0.05) is 41.5 Å². The molecule has 0 saturated heterocycles. The molecule has 0 amide bonds. The Kier molecular flexibility index (Phi) is 13.4. The van der Waals surface area contributed by atoms with Crippen molar-refractivity contribution in [2.75, 3.05) is 19.8 Å². The summed E-state index contributed by atoms with van der Waals surface area (Å²) in [7, 11) is 0. The molecule has 0 spiro atoms. The predicted octanol–water partition coefficient (Wildman–Crippen LogP) is 6.47. The van der Waals surface area contributed by atoms with Gasteiger partial charge in [-0.3, -0.25) is 0 Å². The molecule has 0 bridgehead atoms. The van der Waals surface area contributed by atoms with Gasteiger partial charge in [0.1, 0.15) is 0 Å². The van der Waals surface area contributed by atoms with Gasteiger partial charge in [0.25, 0.3) is 0 Å². The second kappa shape index (κ2) is 15.5. The van der Waals surface area contributed by atoms with Crippen molar-refractivity contribution in [1.82, 2.24) is 0 Å². The van der Waals surface area contributed by atoms with Crippen molar-refractivity contribution in [3.05, 3.63) is 34.9 Å². The van der Waals surface area contributed by atoms with E-state index in [1.807, 2.05) is 0 Å². The summed E-state index contributed by atoms with van der Waals surface area (Å²) >= 11 is 0. The third-order valence-electron chi connectivity index (χ3n) is 5.17. The molecule has 0 heterocycles. The standard InChI is InChI=1S/C27H42O6/c1-19(2)10-7-15-31-25(28)22-13-14-23(26(29)32-16-8-11-20(3)4)24(18-22)27(30)33-17-9-12-21(5)6/h13-14,18-21H,7-12,15-17H2,1-6H3. The monoisotopic (exact) mass is 462 g/mol. The number of carbonyl (C=O) groups excluding carboxylic acids is 3. The van der Waals surface area contributed by atoms with Crippen molar-refractivity contribution in [3.8, 4) is 0 Å². The van der Waals surface area contributed by atoms with Crippen LogP contribution >= 0.6 is 0 Å². The zero-order chi connectivity index (χ0) is 24.8. The van der Waals surface area contributed by atoms with E-state index in [1.165, 1.54) is 18.2 Å². The molecule has 33 heavy (non-hydrogen) atoms. The zero-order valence-corrected chi connectivity index (χ0v) is 21.3. The van der Waals surface area contributed by atoms with Crippen LogP contribution in [0.5, 0.6) is 0 Å². The van der Waals surface area contributed by atoms with Gasteiger partial charge in [0.15, 0.2) is 0 Å². The first-order chi connectivity index (χ1) is 15.6. The fourth-order valence-electron chi connectivity index (χ4n) is 3.23. The van der Waals surface area contributed by atoms with Crippen LogP contribution in [0.3, 0.4) is 0 Å². The molecular formula is C27H42O6. The summed E-state index contributed by atoms with van der Waals surface area (Å²) in [4.78, 5) is 37.9. The smallest absolute Gasteiger partial charge is 0.339 e. The maximum atomic E-state index is 12.8. The summed E-state index contributed by atoms with van der Waals surface area (Å²) in [6, 6.07) is 4.31. The Morgan fingerprint density at radius 1 is 0.606 bits per heavy atom. The molecule has 0 atom stereocenters. The van der Waals surface area contributed by atoms with E-state index in [0.29, 0.717) is 24.4 Å². The molecule has 0 aliphatic rings. The molecule has 0 unspecified atom stereocenters. The lowest BCUT2D eigenvalue weighted by Gasteiger charge is -2.13. The van der Waals surface area contributed by atoms with Crippen LogP contribution in [0.25, 0.3) is 0 Å². The maximum Gasteiger partial charge on any atom is 0.339 e. The minimum absolute atomic E-state index is 0.0324. The molecule has 0 saturated carbocycles. The van der Waals surface area contributed by atoms with E-state index >= 15 is 0 Å². The van der Waals surface area contributed by atoms with Crippen molar-refractivity contribution in [3.63, 3.8) is 0 Å². The highest BCUT2D eigenvalue weighted by molar-refractivity contribution is 6.05. The Morgan fingerprint density at radius 2 is 1.00 bits per heavy atom. The zero-order valence-electron chi connectivity index (χ0n) is 21.3. The molecule has 1 rings (SSSR count). The van der Waals surface area contributed by atoms with E-state index in [2.05, 4.69) is 41.5 Å². The van der Waals surface area contributed by atoms with Gasteiger partial charge in [0, 0.05) is 0 Å². The molecule has 0 fully saturated rings. The Balaban J connectivity index is 2.91.